The molecule has 0 fully saturated rings. The second-order valence-electron chi connectivity index (χ2n) is 8.97. The van der Waals surface area contributed by atoms with Crippen molar-refractivity contribution >= 4 is 50.9 Å². The van der Waals surface area contributed by atoms with Crippen LogP contribution in [0.15, 0.2) is 59.2 Å². The molecule has 0 aliphatic heterocycles. The minimum absolute atomic E-state index is 0.0750. The first-order valence-electron chi connectivity index (χ1n) is 10.7. The normalized spacial score (nSPS) is 11.4. The molecule has 33 heavy (non-hydrogen) atoms. The zero-order chi connectivity index (χ0) is 24.2. The first-order valence-corrected chi connectivity index (χ1v) is 12.3. The fraction of sp³-hybridized carbons (Fsp3) is 0.308. The predicted octanol–water partition coefficient (Wildman–Crippen LogP) is 7.38. The van der Waals surface area contributed by atoms with Crippen molar-refractivity contribution in [2.24, 2.45) is 0 Å². The van der Waals surface area contributed by atoms with Crippen molar-refractivity contribution in [1.82, 2.24) is 9.88 Å². The number of carbonyl (C=O) groups excluding carboxylic acids is 1. The van der Waals surface area contributed by atoms with Crippen LogP contribution in [0.25, 0.3) is 0 Å². The molecular formula is C26H28BrCl2N3O. The molecule has 0 radical (unpaired) electrons. The highest BCUT2D eigenvalue weighted by Crippen LogP contribution is 2.25. The minimum Gasteiger partial charge on any atom is -0.372 e. The summed E-state index contributed by atoms with van der Waals surface area (Å²) in [5.74, 6) is 0.457. The van der Waals surface area contributed by atoms with E-state index in [-0.39, 0.29) is 11.3 Å². The van der Waals surface area contributed by atoms with Crippen molar-refractivity contribution in [3.05, 3.63) is 91.5 Å². The Morgan fingerprint density at radius 1 is 1.03 bits per heavy atom. The lowest BCUT2D eigenvalue weighted by atomic mass is 9.87. The molecule has 2 aromatic carbocycles. The van der Waals surface area contributed by atoms with E-state index in [2.05, 4.69) is 71.3 Å². The Kier molecular flexibility index (Phi) is 8.43. The molecule has 7 heteroatoms. The van der Waals surface area contributed by atoms with Gasteiger partial charge in [0.15, 0.2) is 0 Å². The molecule has 3 rings (SSSR count). The van der Waals surface area contributed by atoms with Crippen LogP contribution in [0.1, 0.15) is 47.8 Å². The summed E-state index contributed by atoms with van der Waals surface area (Å²) in [6.07, 6.45) is 2.33. The zero-order valence-electron chi connectivity index (χ0n) is 19.3. The summed E-state index contributed by atoms with van der Waals surface area (Å²) in [6, 6.07) is 15.8. The van der Waals surface area contributed by atoms with Crippen LogP contribution in [-0.2, 0) is 18.4 Å². The average Bonchev–Trinajstić information content (AvgIpc) is 2.78. The quantitative estimate of drug-likeness (QED) is 0.335. The second kappa shape index (κ2) is 10.9. The number of benzene rings is 2. The van der Waals surface area contributed by atoms with Gasteiger partial charge < -0.3 is 10.2 Å². The number of hydrogen-bond acceptors (Lipinski definition) is 3. The highest BCUT2D eigenvalue weighted by molar-refractivity contribution is 9.10. The Morgan fingerprint density at radius 2 is 1.70 bits per heavy atom. The lowest BCUT2D eigenvalue weighted by Gasteiger charge is -2.25. The molecule has 0 aliphatic rings. The lowest BCUT2D eigenvalue weighted by molar-refractivity contribution is 0.0745. The van der Waals surface area contributed by atoms with Crippen LogP contribution in [0.2, 0.25) is 10.0 Å². The van der Waals surface area contributed by atoms with Gasteiger partial charge in [0, 0.05) is 30.8 Å². The maximum absolute atomic E-state index is 13.6. The highest BCUT2D eigenvalue weighted by Gasteiger charge is 2.21. The number of pyridine rings is 1. The predicted molar refractivity (Wildman–Crippen MR) is 142 cm³/mol. The molecule has 1 N–H and O–H groups in total. The van der Waals surface area contributed by atoms with Crippen LogP contribution < -0.4 is 5.32 Å². The van der Waals surface area contributed by atoms with Gasteiger partial charge in [-0.2, -0.15) is 0 Å². The van der Waals surface area contributed by atoms with Crippen molar-refractivity contribution < 1.29 is 4.79 Å². The number of halogens is 3. The largest absolute Gasteiger partial charge is 0.372 e. The number of nitrogens with zero attached hydrogens (tertiary/aromatic N) is 2. The van der Waals surface area contributed by atoms with Gasteiger partial charge in [0.25, 0.3) is 5.91 Å². The third-order valence-corrected chi connectivity index (χ3v) is 6.63. The van der Waals surface area contributed by atoms with Gasteiger partial charge in [-0.1, -0.05) is 74.3 Å². The molecule has 1 heterocycles. The van der Waals surface area contributed by atoms with E-state index >= 15 is 0 Å². The lowest BCUT2D eigenvalue weighted by Crippen LogP contribution is -2.33. The van der Waals surface area contributed by atoms with Gasteiger partial charge in [-0.3, -0.25) is 4.79 Å². The molecule has 3 aromatic rings. The second-order valence-corrected chi connectivity index (χ2v) is 10.7. The molecule has 0 saturated carbocycles. The van der Waals surface area contributed by atoms with Crippen LogP contribution in [0, 0.1) is 0 Å². The molecule has 0 spiro atoms. The van der Waals surface area contributed by atoms with Gasteiger partial charge >= 0.3 is 0 Å². The number of anilines is 1. The van der Waals surface area contributed by atoms with Crippen molar-refractivity contribution in [2.45, 2.75) is 39.2 Å². The van der Waals surface area contributed by atoms with Crippen molar-refractivity contribution in [2.75, 3.05) is 18.9 Å². The molecule has 4 nitrogen and oxygen atoms in total. The Balaban J connectivity index is 1.89. The molecule has 0 saturated heterocycles. The summed E-state index contributed by atoms with van der Waals surface area (Å²) in [6.45, 7) is 7.58. The summed E-state index contributed by atoms with van der Waals surface area (Å²) in [5.41, 5.74) is 3.94. The number of hydrogen-bond donors (Lipinski definition) is 1. The molecule has 0 aliphatic carbocycles. The number of nitrogens with one attached hydrogen (secondary N) is 1. The molecular weight excluding hydrogens is 521 g/mol. The fourth-order valence-electron chi connectivity index (χ4n) is 3.51. The summed E-state index contributed by atoms with van der Waals surface area (Å²) in [7, 11) is 1.76. The van der Waals surface area contributed by atoms with Gasteiger partial charge in [0.1, 0.15) is 5.82 Å². The van der Waals surface area contributed by atoms with E-state index in [0.717, 1.165) is 15.6 Å². The number of amides is 1. The van der Waals surface area contributed by atoms with Crippen LogP contribution in [0.4, 0.5) is 5.82 Å². The molecule has 1 aromatic heterocycles. The first-order chi connectivity index (χ1) is 15.6. The number of aromatic nitrogens is 1. The zero-order valence-corrected chi connectivity index (χ0v) is 22.4. The first kappa shape index (κ1) is 25.5. The van der Waals surface area contributed by atoms with Gasteiger partial charge in [0.05, 0.1) is 15.6 Å². The smallest absolute Gasteiger partial charge is 0.257 e. The van der Waals surface area contributed by atoms with Crippen LogP contribution in [-0.4, -0.2) is 29.4 Å². The summed E-state index contributed by atoms with van der Waals surface area (Å²) in [4.78, 5) is 19.8. The Labute approximate surface area is 214 Å². The van der Waals surface area contributed by atoms with Gasteiger partial charge in [-0.05, 0) is 62.7 Å². The van der Waals surface area contributed by atoms with E-state index in [0.29, 0.717) is 40.9 Å². The van der Waals surface area contributed by atoms with E-state index in [1.54, 1.807) is 25.4 Å². The summed E-state index contributed by atoms with van der Waals surface area (Å²) >= 11 is 15.7. The number of rotatable bonds is 7. The van der Waals surface area contributed by atoms with E-state index in [4.69, 9.17) is 23.2 Å². The number of carbonyl (C=O) groups is 1. The monoisotopic (exact) mass is 547 g/mol. The van der Waals surface area contributed by atoms with E-state index < -0.39 is 0 Å². The average molecular weight is 549 g/mol. The Bertz CT molecular complexity index is 1130. The Hall–Kier alpha value is -2.08. The molecule has 1 amide bonds. The van der Waals surface area contributed by atoms with Crippen molar-refractivity contribution in [1.29, 1.82) is 0 Å². The third kappa shape index (κ3) is 6.72. The van der Waals surface area contributed by atoms with E-state index in [1.807, 2.05) is 17.0 Å². The van der Waals surface area contributed by atoms with Crippen LogP contribution in [0.5, 0.6) is 0 Å². The third-order valence-electron chi connectivity index (χ3n) is 5.46. The summed E-state index contributed by atoms with van der Waals surface area (Å²) in [5, 5.41) is 4.05. The van der Waals surface area contributed by atoms with E-state index in [9.17, 15) is 4.79 Å². The maximum Gasteiger partial charge on any atom is 0.257 e. The van der Waals surface area contributed by atoms with Gasteiger partial charge in [-0.15, -0.1) is 0 Å². The fourth-order valence-corrected chi connectivity index (χ4v) is 4.17. The molecule has 0 atom stereocenters. The topological polar surface area (TPSA) is 45.2 Å². The standard InChI is InChI=1S/C26H28BrCl2N3O/c1-26(2,3)19-8-5-18(6-9-19)16-32(12-11-17-7-10-22(28)23(29)13-17)25(33)21-14-20(27)15-31-24(21)30-4/h5-10,13-15H,11-12,16H2,1-4H3,(H,30,31). The minimum atomic E-state index is -0.0897. The van der Waals surface area contributed by atoms with Crippen molar-refractivity contribution in [3.63, 3.8) is 0 Å². The van der Waals surface area contributed by atoms with Crippen molar-refractivity contribution in [3.8, 4) is 0 Å². The van der Waals surface area contributed by atoms with Crippen LogP contribution >= 0.6 is 39.1 Å². The van der Waals surface area contributed by atoms with Gasteiger partial charge in [-0.25, -0.2) is 4.98 Å². The SMILES string of the molecule is CNc1ncc(Br)cc1C(=O)N(CCc1ccc(Cl)c(Cl)c1)Cc1ccc(C(C)(C)C)cc1. The van der Waals surface area contributed by atoms with Crippen LogP contribution in [0.3, 0.4) is 0 Å². The van der Waals surface area contributed by atoms with E-state index in [1.165, 1.54) is 5.56 Å². The van der Waals surface area contributed by atoms with Gasteiger partial charge in [0.2, 0.25) is 0 Å². The molecule has 174 valence electrons. The molecule has 0 unspecified atom stereocenters. The maximum atomic E-state index is 13.6. The molecule has 0 bridgehead atoms. The highest BCUT2D eigenvalue weighted by atomic mass is 79.9. The summed E-state index contributed by atoms with van der Waals surface area (Å²) < 4.78 is 0.754. The Morgan fingerprint density at radius 3 is 2.30 bits per heavy atom.